The van der Waals surface area contributed by atoms with Crippen molar-refractivity contribution in [1.29, 1.82) is 0 Å². The highest BCUT2D eigenvalue weighted by molar-refractivity contribution is 5.79. The number of ether oxygens (including phenoxy) is 1. The first kappa shape index (κ1) is 12.8. The zero-order valence-corrected chi connectivity index (χ0v) is 10.6. The summed E-state index contributed by atoms with van der Waals surface area (Å²) in [5, 5.41) is 12.8. The Bertz CT molecular complexity index is 276. The molecule has 3 unspecified atom stereocenters. The third kappa shape index (κ3) is 2.99. The second-order valence-electron chi connectivity index (χ2n) is 5.70. The van der Waals surface area contributed by atoms with Gasteiger partial charge in [0.25, 0.3) is 0 Å². The number of carboxylic acids is 1. The van der Waals surface area contributed by atoms with Crippen molar-refractivity contribution in [3.05, 3.63) is 0 Å². The molecule has 1 heterocycles. The third-order valence-electron chi connectivity index (χ3n) is 4.16. The van der Waals surface area contributed by atoms with Crippen LogP contribution in [0.4, 0.5) is 0 Å². The summed E-state index contributed by atoms with van der Waals surface area (Å²) in [5.41, 5.74) is -0.680. The van der Waals surface area contributed by atoms with Gasteiger partial charge in [0.05, 0.1) is 6.61 Å². The Morgan fingerprint density at radius 2 is 2.35 bits per heavy atom. The van der Waals surface area contributed by atoms with Crippen LogP contribution in [0.1, 0.15) is 39.0 Å². The molecular weight excluding hydrogens is 218 g/mol. The molecule has 2 N–H and O–H groups in total. The summed E-state index contributed by atoms with van der Waals surface area (Å²) < 4.78 is 5.32. The van der Waals surface area contributed by atoms with E-state index in [1.165, 1.54) is 0 Å². The molecule has 2 fully saturated rings. The Morgan fingerprint density at radius 1 is 1.53 bits per heavy atom. The lowest BCUT2D eigenvalue weighted by Crippen LogP contribution is -2.55. The molecule has 0 radical (unpaired) electrons. The topological polar surface area (TPSA) is 58.6 Å². The van der Waals surface area contributed by atoms with Crippen molar-refractivity contribution in [3.63, 3.8) is 0 Å². The first-order valence-corrected chi connectivity index (χ1v) is 6.68. The molecule has 1 aliphatic carbocycles. The van der Waals surface area contributed by atoms with Crippen molar-refractivity contribution < 1.29 is 14.6 Å². The molecule has 0 bridgehead atoms. The molecule has 1 saturated carbocycles. The maximum absolute atomic E-state index is 11.5. The molecule has 0 aromatic carbocycles. The van der Waals surface area contributed by atoms with E-state index in [1.54, 1.807) is 0 Å². The van der Waals surface area contributed by atoms with Crippen molar-refractivity contribution >= 4 is 5.97 Å². The van der Waals surface area contributed by atoms with E-state index in [4.69, 9.17) is 4.74 Å². The Labute approximate surface area is 103 Å². The molecule has 0 aromatic rings. The van der Waals surface area contributed by atoms with E-state index in [-0.39, 0.29) is 0 Å². The normalized spacial score (nSPS) is 38.2. The lowest BCUT2D eigenvalue weighted by atomic mass is 9.76. The summed E-state index contributed by atoms with van der Waals surface area (Å²) >= 11 is 0. The average molecular weight is 241 g/mol. The molecule has 0 aromatic heterocycles. The summed E-state index contributed by atoms with van der Waals surface area (Å²) in [6.07, 6.45) is 4.75. The number of aliphatic carboxylic acids is 1. The van der Waals surface area contributed by atoms with Gasteiger partial charge in [0, 0.05) is 13.2 Å². The van der Waals surface area contributed by atoms with Gasteiger partial charge >= 0.3 is 5.97 Å². The van der Waals surface area contributed by atoms with E-state index in [9.17, 15) is 9.90 Å². The SMILES string of the molecule is CC1CCCC(NCC2CCOC2)(C(=O)O)C1. The van der Waals surface area contributed by atoms with Gasteiger partial charge in [-0.1, -0.05) is 19.8 Å². The minimum absolute atomic E-state index is 0.489. The highest BCUT2D eigenvalue weighted by Gasteiger charge is 2.41. The van der Waals surface area contributed by atoms with Gasteiger partial charge in [-0.3, -0.25) is 4.79 Å². The molecule has 4 nitrogen and oxygen atoms in total. The molecule has 0 amide bonds. The van der Waals surface area contributed by atoms with Gasteiger partial charge in [-0.15, -0.1) is 0 Å². The van der Waals surface area contributed by atoms with Gasteiger partial charge in [-0.05, 0) is 31.1 Å². The molecule has 1 aliphatic heterocycles. The van der Waals surface area contributed by atoms with Gasteiger partial charge in [-0.25, -0.2) is 0 Å². The summed E-state index contributed by atoms with van der Waals surface area (Å²) in [6, 6.07) is 0. The number of rotatable bonds is 4. The first-order valence-electron chi connectivity index (χ1n) is 6.68. The molecule has 17 heavy (non-hydrogen) atoms. The molecular formula is C13H23NO3. The standard InChI is InChI=1S/C13H23NO3/c1-10-3-2-5-13(7-10,12(15)16)14-8-11-4-6-17-9-11/h10-11,14H,2-9H2,1H3,(H,15,16). The van der Waals surface area contributed by atoms with Crippen LogP contribution in [-0.4, -0.2) is 36.4 Å². The quantitative estimate of drug-likeness (QED) is 0.785. The van der Waals surface area contributed by atoms with Crippen molar-refractivity contribution in [2.45, 2.75) is 44.6 Å². The van der Waals surface area contributed by atoms with E-state index < -0.39 is 11.5 Å². The van der Waals surface area contributed by atoms with Crippen molar-refractivity contribution in [3.8, 4) is 0 Å². The Balaban J connectivity index is 1.93. The second kappa shape index (κ2) is 5.36. The highest BCUT2D eigenvalue weighted by atomic mass is 16.5. The minimum Gasteiger partial charge on any atom is -0.480 e. The number of carboxylic acid groups (broad SMARTS) is 1. The van der Waals surface area contributed by atoms with Gasteiger partial charge in [0.1, 0.15) is 5.54 Å². The Hall–Kier alpha value is -0.610. The third-order valence-corrected chi connectivity index (χ3v) is 4.16. The van der Waals surface area contributed by atoms with Gasteiger partial charge in [-0.2, -0.15) is 0 Å². The van der Waals surface area contributed by atoms with Crippen LogP contribution < -0.4 is 5.32 Å². The molecule has 3 atom stereocenters. The van der Waals surface area contributed by atoms with Crippen LogP contribution in [-0.2, 0) is 9.53 Å². The lowest BCUT2D eigenvalue weighted by Gasteiger charge is -2.37. The average Bonchev–Trinajstić information content (AvgIpc) is 2.79. The molecule has 0 spiro atoms. The number of hydrogen-bond acceptors (Lipinski definition) is 3. The molecule has 1 saturated heterocycles. The predicted octanol–water partition coefficient (Wildman–Crippen LogP) is 1.65. The van der Waals surface area contributed by atoms with Crippen LogP contribution in [0.2, 0.25) is 0 Å². The summed E-state index contributed by atoms with van der Waals surface area (Å²) in [6.45, 7) is 4.53. The van der Waals surface area contributed by atoms with Crippen LogP contribution >= 0.6 is 0 Å². The van der Waals surface area contributed by atoms with Crippen molar-refractivity contribution in [2.24, 2.45) is 11.8 Å². The van der Waals surface area contributed by atoms with E-state index in [0.29, 0.717) is 11.8 Å². The van der Waals surface area contributed by atoms with Crippen LogP contribution in [0.5, 0.6) is 0 Å². The number of hydrogen-bond donors (Lipinski definition) is 2. The fraction of sp³-hybridized carbons (Fsp3) is 0.923. The van der Waals surface area contributed by atoms with Crippen LogP contribution in [0, 0.1) is 11.8 Å². The summed E-state index contributed by atoms with van der Waals surface area (Å²) in [5.74, 6) is 0.318. The lowest BCUT2D eigenvalue weighted by molar-refractivity contribution is -0.147. The van der Waals surface area contributed by atoms with Crippen molar-refractivity contribution in [2.75, 3.05) is 19.8 Å². The van der Waals surface area contributed by atoms with Crippen LogP contribution in [0.15, 0.2) is 0 Å². The smallest absolute Gasteiger partial charge is 0.323 e. The minimum atomic E-state index is -0.680. The summed E-state index contributed by atoms with van der Waals surface area (Å²) in [4.78, 5) is 11.5. The highest BCUT2D eigenvalue weighted by Crippen LogP contribution is 2.32. The monoisotopic (exact) mass is 241 g/mol. The van der Waals surface area contributed by atoms with Crippen LogP contribution in [0.25, 0.3) is 0 Å². The fourth-order valence-corrected chi connectivity index (χ4v) is 3.07. The number of nitrogens with one attached hydrogen (secondary N) is 1. The summed E-state index contributed by atoms with van der Waals surface area (Å²) in [7, 11) is 0. The molecule has 98 valence electrons. The first-order chi connectivity index (χ1) is 8.12. The van der Waals surface area contributed by atoms with E-state index in [2.05, 4.69) is 12.2 Å². The predicted molar refractivity (Wildman–Crippen MR) is 64.9 cm³/mol. The van der Waals surface area contributed by atoms with E-state index in [1.807, 2.05) is 0 Å². The maximum Gasteiger partial charge on any atom is 0.323 e. The zero-order valence-electron chi connectivity index (χ0n) is 10.6. The molecule has 2 aliphatic rings. The second-order valence-corrected chi connectivity index (χ2v) is 5.70. The Morgan fingerprint density at radius 3 is 2.94 bits per heavy atom. The zero-order chi connectivity index (χ0) is 12.3. The molecule has 4 heteroatoms. The van der Waals surface area contributed by atoms with Gasteiger partial charge in [0.15, 0.2) is 0 Å². The van der Waals surface area contributed by atoms with E-state index >= 15 is 0 Å². The van der Waals surface area contributed by atoms with Gasteiger partial charge in [0.2, 0.25) is 0 Å². The Kier molecular flexibility index (Phi) is 4.05. The number of carbonyl (C=O) groups is 1. The van der Waals surface area contributed by atoms with Gasteiger partial charge < -0.3 is 15.2 Å². The fourth-order valence-electron chi connectivity index (χ4n) is 3.07. The maximum atomic E-state index is 11.5. The van der Waals surface area contributed by atoms with Crippen LogP contribution in [0.3, 0.4) is 0 Å². The largest absolute Gasteiger partial charge is 0.480 e. The molecule has 2 rings (SSSR count). The van der Waals surface area contributed by atoms with Crippen molar-refractivity contribution in [1.82, 2.24) is 5.32 Å². The van der Waals surface area contributed by atoms with E-state index in [0.717, 1.165) is 51.9 Å².